The second-order valence-corrected chi connectivity index (χ2v) is 5.37. The Morgan fingerprint density at radius 1 is 1.47 bits per heavy atom. The highest BCUT2D eigenvalue weighted by Crippen LogP contribution is 2.21. The molecule has 0 aliphatic heterocycles. The largest absolute Gasteiger partial charge is 0.492 e. The molecule has 0 bridgehead atoms. The molecule has 2 nitrogen and oxygen atoms in total. The third-order valence-corrected chi connectivity index (χ3v) is 3.12. The van der Waals surface area contributed by atoms with Crippen LogP contribution in [-0.2, 0) is 6.42 Å². The van der Waals surface area contributed by atoms with Crippen LogP contribution in [0.1, 0.15) is 19.4 Å². The minimum Gasteiger partial charge on any atom is -0.492 e. The van der Waals surface area contributed by atoms with Gasteiger partial charge in [-0.15, -0.1) is 0 Å². The van der Waals surface area contributed by atoms with E-state index in [4.69, 9.17) is 10.5 Å². The molecule has 0 saturated carbocycles. The van der Waals surface area contributed by atoms with Crippen molar-refractivity contribution in [2.75, 3.05) is 18.1 Å². The molecule has 17 heavy (non-hydrogen) atoms. The molecule has 4 heteroatoms. The Labute approximate surface area is 107 Å². The molecule has 1 unspecified atom stereocenters. The Bertz CT molecular complexity index is 344. The molecule has 2 N–H and O–H groups in total. The molecular weight excluding hydrogens is 237 g/mol. The van der Waals surface area contributed by atoms with Crippen LogP contribution in [0.4, 0.5) is 4.39 Å². The Morgan fingerprint density at radius 3 is 2.88 bits per heavy atom. The predicted octanol–water partition coefficient (Wildman–Crippen LogP) is 2.85. The zero-order valence-electron chi connectivity index (χ0n) is 10.4. The molecular formula is C13H20FNOS. The number of nitrogens with two attached hydrogens (primary N) is 1. The van der Waals surface area contributed by atoms with E-state index in [0.29, 0.717) is 13.0 Å². The third kappa shape index (κ3) is 5.41. The highest BCUT2D eigenvalue weighted by atomic mass is 32.2. The fourth-order valence-electron chi connectivity index (χ4n) is 1.55. The van der Waals surface area contributed by atoms with Gasteiger partial charge in [0.05, 0.1) is 6.61 Å². The van der Waals surface area contributed by atoms with E-state index in [9.17, 15) is 4.39 Å². The van der Waals surface area contributed by atoms with Crippen LogP contribution in [0.3, 0.4) is 0 Å². The van der Waals surface area contributed by atoms with Gasteiger partial charge in [-0.1, -0.05) is 6.92 Å². The number of benzene rings is 1. The first-order valence-corrected chi connectivity index (χ1v) is 7.03. The molecule has 0 heterocycles. The smallest absolute Gasteiger partial charge is 0.123 e. The molecule has 0 aromatic heterocycles. The van der Waals surface area contributed by atoms with Crippen molar-refractivity contribution >= 4 is 11.8 Å². The maximum Gasteiger partial charge on any atom is 0.123 e. The number of hydrogen-bond acceptors (Lipinski definition) is 3. The van der Waals surface area contributed by atoms with Crippen LogP contribution < -0.4 is 10.5 Å². The van der Waals surface area contributed by atoms with E-state index in [1.807, 2.05) is 18.7 Å². The zero-order valence-corrected chi connectivity index (χ0v) is 11.2. The second-order valence-electron chi connectivity index (χ2n) is 3.98. The quantitative estimate of drug-likeness (QED) is 0.763. The van der Waals surface area contributed by atoms with Crippen molar-refractivity contribution in [3.63, 3.8) is 0 Å². The van der Waals surface area contributed by atoms with Gasteiger partial charge in [-0.3, -0.25) is 0 Å². The van der Waals surface area contributed by atoms with Crippen molar-refractivity contribution in [2.24, 2.45) is 5.73 Å². The molecule has 0 saturated heterocycles. The predicted molar refractivity (Wildman–Crippen MR) is 72.2 cm³/mol. The van der Waals surface area contributed by atoms with Crippen molar-refractivity contribution in [3.8, 4) is 5.75 Å². The van der Waals surface area contributed by atoms with E-state index in [0.717, 1.165) is 22.8 Å². The molecule has 96 valence electrons. The third-order valence-electron chi connectivity index (χ3n) is 2.25. The van der Waals surface area contributed by atoms with Gasteiger partial charge in [-0.2, -0.15) is 11.8 Å². The standard InChI is InChI=1S/C13H20FNOS/c1-3-17-7-6-16-13-5-4-12(14)9-11(13)8-10(2)15/h4-5,9-10H,3,6-8,15H2,1-2H3. The average Bonchev–Trinajstić information content (AvgIpc) is 2.26. The van der Waals surface area contributed by atoms with Gasteiger partial charge in [0.15, 0.2) is 0 Å². The summed E-state index contributed by atoms with van der Waals surface area (Å²) in [5.41, 5.74) is 6.59. The molecule has 0 radical (unpaired) electrons. The van der Waals surface area contributed by atoms with Crippen LogP contribution in [0.5, 0.6) is 5.75 Å². The van der Waals surface area contributed by atoms with E-state index in [1.54, 1.807) is 6.07 Å². The summed E-state index contributed by atoms with van der Waals surface area (Å²) < 4.78 is 18.8. The summed E-state index contributed by atoms with van der Waals surface area (Å²) in [4.78, 5) is 0. The van der Waals surface area contributed by atoms with Crippen LogP contribution in [0.2, 0.25) is 0 Å². The van der Waals surface area contributed by atoms with Gasteiger partial charge in [0.25, 0.3) is 0 Å². The SMILES string of the molecule is CCSCCOc1ccc(F)cc1CC(C)N. The van der Waals surface area contributed by atoms with Crippen LogP contribution in [-0.4, -0.2) is 24.2 Å². The molecule has 0 spiro atoms. The lowest BCUT2D eigenvalue weighted by Crippen LogP contribution is -2.18. The lowest BCUT2D eigenvalue weighted by molar-refractivity contribution is 0.338. The Morgan fingerprint density at radius 2 is 2.24 bits per heavy atom. The van der Waals surface area contributed by atoms with Crippen molar-refractivity contribution in [3.05, 3.63) is 29.6 Å². The Balaban J connectivity index is 2.62. The normalized spacial score (nSPS) is 12.5. The van der Waals surface area contributed by atoms with Crippen molar-refractivity contribution in [1.29, 1.82) is 0 Å². The summed E-state index contributed by atoms with van der Waals surface area (Å²) >= 11 is 1.83. The summed E-state index contributed by atoms with van der Waals surface area (Å²) in [5.74, 6) is 2.54. The van der Waals surface area contributed by atoms with Crippen LogP contribution >= 0.6 is 11.8 Å². The molecule has 1 aromatic rings. The maximum atomic E-state index is 13.1. The zero-order chi connectivity index (χ0) is 12.7. The molecule has 0 fully saturated rings. The van der Waals surface area contributed by atoms with E-state index < -0.39 is 0 Å². The summed E-state index contributed by atoms with van der Waals surface area (Å²) in [6.07, 6.45) is 0.633. The van der Waals surface area contributed by atoms with Crippen molar-refractivity contribution in [2.45, 2.75) is 26.3 Å². The molecule has 0 amide bonds. The van der Waals surface area contributed by atoms with Gasteiger partial charge in [0.1, 0.15) is 11.6 Å². The number of halogens is 1. The highest BCUT2D eigenvalue weighted by molar-refractivity contribution is 7.99. The molecule has 1 rings (SSSR count). The minimum atomic E-state index is -0.240. The maximum absolute atomic E-state index is 13.1. The Kier molecular flexibility index (Phi) is 6.37. The van der Waals surface area contributed by atoms with Crippen LogP contribution in [0, 0.1) is 5.82 Å². The van der Waals surface area contributed by atoms with Crippen molar-refractivity contribution < 1.29 is 9.13 Å². The fourth-order valence-corrected chi connectivity index (χ4v) is 2.04. The first kappa shape index (κ1) is 14.3. The lowest BCUT2D eigenvalue weighted by atomic mass is 10.1. The molecule has 0 aliphatic carbocycles. The first-order chi connectivity index (χ1) is 8.13. The van der Waals surface area contributed by atoms with Gasteiger partial charge >= 0.3 is 0 Å². The van der Waals surface area contributed by atoms with E-state index in [2.05, 4.69) is 6.92 Å². The minimum absolute atomic E-state index is 0.00386. The highest BCUT2D eigenvalue weighted by Gasteiger charge is 2.07. The molecule has 1 atom stereocenters. The number of ether oxygens (including phenoxy) is 1. The first-order valence-electron chi connectivity index (χ1n) is 5.88. The summed E-state index contributed by atoms with van der Waals surface area (Å²) in [6.45, 7) is 4.67. The monoisotopic (exact) mass is 257 g/mol. The fraction of sp³-hybridized carbons (Fsp3) is 0.538. The molecule has 1 aromatic carbocycles. The average molecular weight is 257 g/mol. The summed E-state index contributed by atoms with van der Waals surface area (Å²) in [6, 6.07) is 4.62. The lowest BCUT2D eigenvalue weighted by Gasteiger charge is -2.13. The van der Waals surface area contributed by atoms with Gasteiger partial charge in [-0.25, -0.2) is 4.39 Å². The number of thioether (sulfide) groups is 1. The second kappa shape index (κ2) is 7.56. The summed E-state index contributed by atoms with van der Waals surface area (Å²) in [7, 11) is 0. The number of hydrogen-bond donors (Lipinski definition) is 1. The van der Waals surface area contributed by atoms with Gasteiger partial charge in [0, 0.05) is 11.8 Å². The van der Waals surface area contributed by atoms with Crippen LogP contribution in [0.15, 0.2) is 18.2 Å². The Hall–Kier alpha value is -0.740. The van der Waals surface area contributed by atoms with Gasteiger partial charge in [-0.05, 0) is 42.9 Å². The topological polar surface area (TPSA) is 35.2 Å². The van der Waals surface area contributed by atoms with E-state index in [-0.39, 0.29) is 11.9 Å². The molecule has 0 aliphatic rings. The van der Waals surface area contributed by atoms with Gasteiger partial charge < -0.3 is 10.5 Å². The van der Waals surface area contributed by atoms with Gasteiger partial charge in [0.2, 0.25) is 0 Å². The van der Waals surface area contributed by atoms with Crippen LogP contribution in [0.25, 0.3) is 0 Å². The van der Waals surface area contributed by atoms with E-state index >= 15 is 0 Å². The number of rotatable bonds is 7. The van der Waals surface area contributed by atoms with E-state index in [1.165, 1.54) is 12.1 Å². The summed E-state index contributed by atoms with van der Waals surface area (Å²) in [5, 5.41) is 0. The van der Waals surface area contributed by atoms with Crippen molar-refractivity contribution in [1.82, 2.24) is 0 Å².